The molecule has 0 aliphatic carbocycles. The van der Waals surface area contributed by atoms with Gasteiger partial charge in [0.1, 0.15) is 0 Å². The summed E-state index contributed by atoms with van der Waals surface area (Å²) in [5, 5.41) is 1.19. The van der Waals surface area contributed by atoms with E-state index in [1.165, 1.54) is 0 Å². The number of nitrogens with two attached hydrogens (primary N) is 1. The Morgan fingerprint density at radius 2 is 2.11 bits per heavy atom. The Labute approximate surface area is 124 Å². The van der Waals surface area contributed by atoms with Crippen LogP contribution in [0, 0.1) is 0 Å². The van der Waals surface area contributed by atoms with Crippen molar-refractivity contribution in [2.24, 2.45) is 5.73 Å². The van der Waals surface area contributed by atoms with E-state index in [0.717, 1.165) is 24.8 Å². The van der Waals surface area contributed by atoms with Crippen LogP contribution in [0.2, 0.25) is 10.0 Å². The van der Waals surface area contributed by atoms with Gasteiger partial charge in [-0.2, -0.15) is 0 Å². The first-order valence-electron chi connectivity index (χ1n) is 6.40. The molecule has 0 saturated heterocycles. The standard InChI is InChI=1S/C14H19Cl2NO2/c1-2-19-14(18)6-4-3-5-13(17)11-8-7-10(15)9-12(11)16/h7-9,13H,2-6,17H2,1H3. The smallest absolute Gasteiger partial charge is 0.305 e. The van der Waals surface area contributed by atoms with Crippen LogP contribution in [0.3, 0.4) is 0 Å². The van der Waals surface area contributed by atoms with E-state index < -0.39 is 0 Å². The van der Waals surface area contributed by atoms with E-state index in [4.69, 9.17) is 33.7 Å². The predicted molar refractivity (Wildman–Crippen MR) is 78.5 cm³/mol. The summed E-state index contributed by atoms with van der Waals surface area (Å²) in [6, 6.07) is 5.19. The number of carbonyl (C=O) groups excluding carboxylic acids is 1. The van der Waals surface area contributed by atoms with Crippen LogP contribution >= 0.6 is 23.2 Å². The van der Waals surface area contributed by atoms with Crippen molar-refractivity contribution < 1.29 is 9.53 Å². The minimum absolute atomic E-state index is 0.132. The molecule has 19 heavy (non-hydrogen) atoms. The van der Waals surface area contributed by atoms with Gasteiger partial charge in [-0.25, -0.2) is 0 Å². The summed E-state index contributed by atoms with van der Waals surface area (Å²) in [5.41, 5.74) is 6.97. The van der Waals surface area contributed by atoms with Crippen LogP contribution in [-0.4, -0.2) is 12.6 Å². The number of esters is 1. The highest BCUT2D eigenvalue weighted by Crippen LogP contribution is 2.27. The first kappa shape index (κ1) is 16.3. The quantitative estimate of drug-likeness (QED) is 0.609. The molecule has 0 spiro atoms. The van der Waals surface area contributed by atoms with Crippen LogP contribution in [-0.2, 0) is 9.53 Å². The van der Waals surface area contributed by atoms with Crippen molar-refractivity contribution in [3.8, 4) is 0 Å². The van der Waals surface area contributed by atoms with Crippen LogP contribution in [0.15, 0.2) is 18.2 Å². The molecule has 0 amide bonds. The van der Waals surface area contributed by atoms with Crippen LogP contribution in [0.1, 0.15) is 44.2 Å². The van der Waals surface area contributed by atoms with Gasteiger partial charge in [-0.05, 0) is 37.5 Å². The maximum atomic E-state index is 11.2. The van der Waals surface area contributed by atoms with Gasteiger partial charge in [0.15, 0.2) is 0 Å². The van der Waals surface area contributed by atoms with Gasteiger partial charge in [0, 0.05) is 22.5 Å². The molecule has 1 rings (SSSR count). The zero-order valence-electron chi connectivity index (χ0n) is 11.0. The van der Waals surface area contributed by atoms with Crippen molar-refractivity contribution in [1.82, 2.24) is 0 Å². The molecule has 1 atom stereocenters. The highest BCUT2D eigenvalue weighted by atomic mass is 35.5. The van der Waals surface area contributed by atoms with Crippen molar-refractivity contribution in [2.45, 2.75) is 38.6 Å². The van der Waals surface area contributed by atoms with Gasteiger partial charge in [0.25, 0.3) is 0 Å². The summed E-state index contributed by atoms with van der Waals surface area (Å²) < 4.78 is 4.86. The van der Waals surface area contributed by atoms with Gasteiger partial charge in [-0.1, -0.05) is 35.7 Å². The summed E-state index contributed by atoms with van der Waals surface area (Å²) in [6.45, 7) is 2.23. The lowest BCUT2D eigenvalue weighted by atomic mass is 10.0. The van der Waals surface area contributed by atoms with E-state index in [0.29, 0.717) is 23.1 Å². The normalized spacial score (nSPS) is 12.2. The SMILES string of the molecule is CCOC(=O)CCCCC(N)c1ccc(Cl)cc1Cl. The highest BCUT2D eigenvalue weighted by Gasteiger charge is 2.11. The summed E-state index contributed by atoms with van der Waals surface area (Å²) in [4.78, 5) is 11.2. The molecule has 1 aromatic carbocycles. The van der Waals surface area contributed by atoms with Crippen LogP contribution < -0.4 is 5.73 Å². The maximum Gasteiger partial charge on any atom is 0.305 e. The average Bonchev–Trinajstić information content (AvgIpc) is 2.34. The maximum absolute atomic E-state index is 11.2. The van der Waals surface area contributed by atoms with Crippen LogP contribution in [0.25, 0.3) is 0 Å². The lowest BCUT2D eigenvalue weighted by molar-refractivity contribution is -0.143. The van der Waals surface area contributed by atoms with Crippen LogP contribution in [0.5, 0.6) is 0 Å². The number of hydrogen-bond acceptors (Lipinski definition) is 3. The van der Waals surface area contributed by atoms with Crippen molar-refractivity contribution in [2.75, 3.05) is 6.61 Å². The lowest BCUT2D eigenvalue weighted by Crippen LogP contribution is -2.11. The third-order valence-electron chi connectivity index (χ3n) is 2.81. The molecule has 0 aromatic heterocycles. The number of ether oxygens (including phenoxy) is 1. The average molecular weight is 304 g/mol. The second kappa shape index (κ2) is 8.41. The van der Waals surface area contributed by atoms with E-state index in [1.807, 2.05) is 6.07 Å². The fraction of sp³-hybridized carbons (Fsp3) is 0.500. The molecule has 5 heteroatoms. The van der Waals surface area contributed by atoms with Crippen LogP contribution in [0.4, 0.5) is 0 Å². The Morgan fingerprint density at radius 3 is 2.74 bits per heavy atom. The van der Waals surface area contributed by atoms with E-state index in [-0.39, 0.29) is 12.0 Å². The Morgan fingerprint density at radius 1 is 1.37 bits per heavy atom. The van der Waals surface area contributed by atoms with Crippen molar-refractivity contribution in [3.63, 3.8) is 0 Å². The molecule has 1 unspecified atom stereocenters. The predicted octanol–water partition coefficient (Wildman–Crippen LogP) is 4.12. The number of unbranched alkanes of at least 4 members (excludes halogenated alkanes) is 1. The number of hydrogen-bond donors (Lipinski definition) is 1. The molecule has 0 aliphatic rings. The molecule has 0 radical (unpaired) electrons. The Kier molecular flexibility index (Phi) is 7.21. The first-order chi connectivity index (χ1) is 9.04. The topological polar surface area (TPSA) is 52.3 Å². The fourth-order valence-electron chi connectivity index (χ4n) is 1.82. The third-order valence-corrected chi connectivity index (χ3v) is 3.38. The summed E-state index contributed by atoms with van der Waals surface area (Å²) >= 11 is 11.9. The number of halogens is 2. The van der Waals surface area contributed by atoms with Gasteiger partial charge < -0.3 is 10.5 Å². The highest BCUT2D eigenvalue weighted by molar-refractivity contribution is 6.35. The number of carbonyl (C=O) groups is 1. The monoisotopic (exact) mass is 303 g/mol. The van der Waals surface area contributed by atoms with Crippen molar-refractivity contribution >= 4 is 29.2 Å². The molecule has 0 fully saturated rings. The minimum atomic E-state index is -0.152. The molecule has 1 aromatic rings. The number of benzene rings is 1. The first-order valence-corrected chi connectivity index (χ1v) is 7.16. The van der Waals surface area contributed by atoms with Crippen molar-refractivity contribution in [1.29, 1.82) is 0 Å². The Balaban J connectivity index is 2.35. The largest absolute Gasteiger partial charge is 0.466 e. The summed E-state index contributed by atoms with van der Waals surface area (Å²) in [7, 11) is 0. The second-order valence-electron chi connectivity index (χ2n) is 4.32. The molecule has 3 nitrogen and oxygen atoms in total. The zero-order chi connectivity index (χ0) is 14.3. The van der Waals surface area contributed by atoms with Gasteiger partial charge in [0.2, 0.25) is 0 Å². The molecule has 0 saturated carbocycles. The van der Waals surface area contributed by atoms with Gasteiger partial charge in [-0.15, -0.1) is 0 Å². The summed E-state index contributed by atoms with van der Waals surface area (Å²) in [6.07, 6.45) is 2.85. The molecule has 0 heterocycles. The van der Waals surface area contributed by atoms with Gasteiger partial charge in [-0.3, -0.25) is 4.79 Å². The molecule has 106 valence electrons. The van der Waals surface area contributed by atoms with E-state index in [1.54, 1.807) is 19.1 Å². The van der Waals surface area contributed by atoms with Gasteiger partial charge in [0.05, 0.1) is 6.61 Å². The molecular formula is C14H19Cl2NO2. The van der Waals surface area contributed by atoms with Gasteiger partial charge >= 0.3 is 5.97 Å². The lowest BCUT2D eigenvalue weighted by Gasteiger charge is -2.13. The summed E-state index contributed by atoms with van der Waals surface area (Å²) in [5.74, 6) is -0.152. The fourth-order valence-corrected chi connectivity index (χ4v) is 2.37. The van der Waals surface area contributed by atoms with Crippen molar-refractivity contribution in [3.05, 3.63) is 33.8 Å². The minimum Gasteiger partial charge on any atom is -0.466 e. The Bertz CT molecular complexity index is 424. The van der Waals surface area contributed by atoms with E-state index >= 15 is 0 Å². The Hall–Kier alpha value is -0.770. The second-order valence-corrected chi connectivity index (χ2v) is 5.17. The molecule has 0 bridgehead atoms. The number of rotatable bonds is 7. The van der Waals surface area contributed by atoms with E-state index in [9.17, 15) is 4.79 Å². The zero-order valence-corrected chi connectivity index (χ0v) is 12.5. The molecule has 2 N–H and O–H groups in total. The van der Waals surface area contributed by atoms with E-state index in [2.05, 4.69) is 0 Å². The molecular weight excluding hydrogens is 285 g/mol. The third kappa shape index (κ3) is 5.81. The molecule has 0 aliphatic heterocycles.